The second-order valence-corrected chi connectivity index (χ2v) is 9.63. The van der Waals surface area contributed by atoms with Gasteiger partial charge in [-0.1, -0.05) is 55.4 Å². The number of thioether (sulfide) groups is 1. The summed E-state index contributed by atoms with van der Waals surface area (Å²) >= 11 is 1.89. The molecule has 0 aliphatic heterocycles. The van der Waals surface area contributed by atoms with E-state index in [4.69, 9.17) is 0 Å². The molecule has 0 aliphatic rings. The molecule has 0 radical (unpaired) electrons. The maximum atomic E-state index is 12.3. The van der Waals surface area contributed by atoms with E-state index in [1.165, 1.54) is 0 Å². The van der Waals surface area contributed by atoms with Crippen molar-refractivity contribution in [3.63, 3.8) is 0 Å². The highest BCUT2D eigenvalue weighted by Gasteiger charge is 2.22. The van der Waals surface area contributed by atoms with E-state index in [1.54, 1.807) is 0 Å². The molecule has 2 unspecified atom stereocenters. The first-order valence-corrected chi connectivity index (χ1v) is 11.4. The van der Waals surface area contributed by atoms with Crippen molar-refractivity contribution in [2.24, 2.45) is 11.8 Å². The summed E-state index contributed by atoms with van der Waals surface area (Å²) in [6, 6.07) is 0.562. The van der Waals surface area contributed by atoms with Crippen molar-refractivity contribution in [3.05, 3.63) is 0 Å². The highest BCUT2D eigenvalue weighted by atomic mass is 32.2. The first kappa shape index (κ1) is 25.6. The van der Waals surface area contributed by atoms with Crippen molar-refractivity contribution in [1.29, 1.82) is 0 Å². The van der Waals surface area contributed by atoms with Crippen LogP contribution >= 0.6 is 11.8 Å². The quantitative estimate of drug-likeness (QED) is 0.415. The Morgan fingerprint density at radius 2 is 1.12 bits per heavy atom. The van der Waals surface area contributed by atoms with Gasteiger partial charge in [0.05, 0.1) is 12.1 Å². The number of carbonyl (C=O) groups is 2. The summed E-state index contributed by atoms with van der Waals surface area (Å²) in [5.74, 6) is 2.77. The van der Waals surface area contributed by atoms with Crippen LogP contribution in [0.5, 0.6) is 0 Å². The maximum Gasteiger partial charge on any atom is 0.152 e. The normalized spacial score (nSPS) is 14.5. The van der Waals surface area contributed by atoms with Gasteiger partial charge in [-0.3, -0.25) is 9.59 Å². The van der Waals surface area contributed by atoms with Crippen LogP contribution in [-0.2, 0) is 9.59 Å². The molecule has 2 N–H and O–H groups in total. The van der Waals surface area contributed by atoms with Crippen LogP contribution in [0.15, 0.2) is 0 Å². The van der Waals surface area contributed by atoms with E-state index >= 15 is 0 Å². The molecule has 0 fully saturated rings. The second kappa shape index (κ2) is 13.7. The van der Waals surface area contributed by atoms with Crippen LogP contribution in [-0.4, -0.2) is 47.2 Å². The lowest BCUT2D eigenvalue weighted by Gasteiger charge is -2.22. The van der Waals surface area contributed by atoms with Crippen LogP contribution in [0, 0.1) is 11.8 Å². The Morgan fingerprint density at radius 3 is 1.50 bits per heavy atom. The van der Waals surface area contributed by atoms with E-state index in [1.807, 2.05) is 39.5 Å². The highest BCUT2D eigenvalue weighted by molar-refractivity contribution is 7.99. The third kappa shape index (κ3) is 11.3. The Balaban J connectivity index is 4.25. The number of carbonyl (C=O) groups excluding carboxylic acids is 2. The first-order chi connectivity index (χ1) is 12.1. The summed E-state index contributed by atoms with van der Waals surface area (Å²) in [5, 5.41) is 6.81. The minimum atomic E-state index is -0.0413. The molecule has 0 aromatic rings. The van der Waals surface area contributed by atoms with E-state index in [2.05, 4.69) is 38.3 Å². The standard InChI is InChI=1S/C21H42N2O2S/c1-14(2)20(24)18(22-16(5)6)10-9-12-26-13-11-19(23-17(7)8)21(25)15(3)4/h14-19,22-23H,9-13H2,1-8H3. The smallest absolute Gasteiger partial charge is 0.152 e. The third-order valence-electron chi connectivity index (χ3n) is 4.23. The minimum absolute atomic E-state index is 0.0338. The zero-order valence-electron chi connectivity index (χ0n) is 18.2. The zero-order chi connectivity index (χ0) is 20.3. The predicted molar refractivity (Wildman–Crippen MR) is 115 cm³/mol. The van der Waals surface area contributed by atoms with Gasteiger partial charge >= 0.3 is 0 Å². The molecular weight excluding hydrogens is 344 g/mol. The summed E-state index contributed by atoms with van der Waals surface area (Å²) in [7, 11) is 0. The number of hydrogen-bond donors (Lipinski definition) is 2. The van der Waals surface area contributed by atoms with Crippen molar-refractivity contribution in [2.45, 2.75) is 98.8 Å². The van der Waals surface area contributed by atoms with Crippen LogP contribution in [0.1, 0.15) is 74.7 Å². The van der Waals surface area contributed by atoms with Crippen LogP contribution in [0.25, 0.3) is 0 Å². The van der Waals surface area contributed by atoms with E-state index in [0.29, 0.717) is 23.7 Å². The monoisotopic (exact) mass is 386 g/mol. The number of ketones is 2. The van der Waals surface area contributed by atoms with Gasteiger partial charge in [-0.25, -0.2) is 0 Å². The fraction of sp³-hybridized carbons (Fsp3) is 0.905. The zero-order valence-corrected chi connectivity index (χ0v) is 19.0. The third-order valence-corrected chi connectivity index (χ3v) is 5.33. The molecule has 0 aromatic heterocycles. The molecule has 5 heteroatoms. The SMILES string of the molecule is CC(C)NC(CCCSCCC(NC(C)C)C(=O)C(C)C)C(=O)C(C)C. The van der Waals surface area contributed by atoms with E-state index in [9.17, 15) is 9.59 Å². The summed E-state index contributed by atoms with van der Waals surface area (Å²) in [5.41, 5.74) is 0. The molecule has 2 atom stereocenters. The van der Waals surface area contributed by atoms with E-state index < -0.39 is 0 Å². The summed E-state index contributed by atoms with van der Waals surface area (Å²) < 4.78 is 0. The minimum Gasteiger partial charge on any atom is -0.305 e. The van der Waals surface area contributed by atoms with Crippen molar-refractivity contribution >= 4 is 23.3 Å². The van der Waals surface area contributed by atoms with Crippen LogP contribution in [0.3, 0.4) is 0 Å². The van der Waals surface area contributed by atoms with E-state index in [-0.39, 0.29) is 23.9 Å². The van der Waals surface area contributed by atoms with Gasteiger partial charge in [0, 0.05) is 23.9 Å². The fourth-order valence-electron chi connectivity index (χ4n) is 2.92. The Bertz CT molecular complexity index is 371. The highest BCUT2D eigenvalue weighted by Crippen LogP contribution is 2.14. The lowest BCUT2D eigenvalue weighted by atomic mass is 9.97. The Kier molecular flexibility index (Phi) is 13.5. The molecule has 4 nitrogen and oxygen atoms in total. The molecule has 0 aromatic carbocycles. The molecule has 0 spiro atoms. The Labute approximate surface area is 166 Å². The number of rotatable bonds is 15. The molecule has 0 aliphatic carbocycles. The van der Waals surface area contributed by atoms with Gasteiger partial charge in [0.1, 0.15) is 0 Å². The molecule has 0 rings (SSSR count). The van der Waals surface area contributed by atoms with Crippen LogP contribution in [0.4, 0.5) is 0 Å². The van der Waals surface area contributed by atoms with Crippen molar-refractivity contribution < 1.29 is 9.59 Å². The van der Waals surface area contributed by atoms with Crippen LogP contribution < -0.4 is 10.6 Å². The van der Waals surface area contributed by atoms with Gasteiger partial charge in [-0.05, 0) is 30.8 Å². The van der Waals surface area contributed by atoms with Gasteiger partial charge in [-0.2, -0.15) is 11.8 Å². The predicted octanol–water partition coefficient (Wildman–Crippen LogP) is 4.07. The van der Waals surface area contributed by atoms with E-state index in [0.717, 1.165) is 30.8 Å². The average molecular weight is 387 g/mol. The van der Waals surface area contributed by atoms with Gasteiger partial charge in [-0.15, -0.1) is 0 Å². The lowest BCUT2D eigenvalue weighted by molar-refractivity contribution is -0.125. The maximum absolute atomic E-state index is 12.3. The number of Topliss-reactive ketones (excluding diaryl/α,β-unsaturated/α-hetero) is 2. The molecule has 0 saturated heterocycles. The molecule has 0 saturated carbocycles. The fourth-order valence-corrected chi connectivity index (χ4v) is 3.89. The van der Waals surface area contributed by atoms with Gasteiger partial charge < -0.3 is 10.6 Å². The Hall–Kier alpha value is -0.390. The molecule has 0 heterocycles. The summed E-state index contributed by atoms with van der Waals surface area (Å²) in [6.45, 7) is 16.2. The van der Waals surface area contributed by atoms with Crippen LogP contribution in [0.2, 0.25) is 0 Å². The Morgan fingerprint density at radius 1 is 0.692 bits per heavy atom. The van der Waals surface area contributed by atoms with Gasteiger partial charge in [0.15, 0.2) is 11.6 Å². The topological polar surface area (TPSA) is 58.2 Å². The molecule has 154 valence electrons. The molecule has 26 heavy (non-hydrogen) atoms. The van der Waals surface area contributed by atoms with Crippen molar-refractivity contribution in [1.82, 2.24) is 10.6 Å². The lowest BCUT2D eigenvalue weighted by Crippen LogP contribution is -2.43. The molecule has 0 amide bonds. The second-order valence-electron chi connectivity index (χ2n) is 8.41. The van der Waals surface area contributed by atoms with Crippen molar-refractivity contribution in [3.8, 4) is 0 Å². The largest absolute Gasteiger partial charge is 0.305 e. The molecule has 0 bridgehead atoms. The van der Waals surface area contributed by atoms with Gasteiger partial charge in [0.25, 0.3) is 0 Å². The summed E-state index contributed by atoms with van der Waals surface area (Å²) in [6.07, 6.45) is 2.78. The first-order valence-electron chi connectivity index (χ1n) is 10.2. The summed E-state index contributed by atoms with van der Waals surface area (Å²) in [4.78, 5) is 24.6. The number of nitrogens with one attached hydrogen (secondary N) is 2. The number of hydrogen-bond acceptors (Lipinski definition) is 5. The average Bonchev–Trinajstić information content (AvgIpc) is 2.53. The molecular formula is C21H42N2O2S. The van der Waals surface area contributed by atoms with Crippen molar-refractivity contribution in [2.75, 3.05) is 11.5 Å². The van der Waals surface area contributed by atoms with Gasteiger partial charge in [0.2, 0.25) is 0 Å².